The van der Waals surface area contributed by atoms with Crippen LogP contribution >= 0.6 is 0 Å². The lowest BCUT2D eigenvalue weighted by Gasteiger charge is -2.29. The molecule has 0 fully saturated rings. The monoisotopic (exact) mass is 359 g/mol. The van der Waals surface area contributed by atoms with Crippen LogP contribution in [0.5, 0.6) is 0 Å². The van der Waals surface area contributed by atoms with Crippen molar-refractivity contribution >= 4 is 22.2 Å². The van der Waals surface area contributed by atoms with E-state index in [2.05, 4.69) is 11.3 Å². The van der Waals surface area contributed by atoms with Gasteiger partial charge in [-0.1, -0.05) is 30.9 Å². The van der Waals surface area contributed by atoms with Crippen LogP contribution in [0.25, 0.3) is 6.08 Å². The van der Waals surface area contributed by atoms with Crippen molar-refractivity contribution in [2.45, 2.75) is 17.5 Å². The normalized spacial score (nSPS) is 14.2. The highest BCUT2D eigenvalue weighted by molar-refractivity contribution is 7.86. The van der Waals surface area contributed by atoms with E-state index >= 15 is 0 Å². The van der Waals surface area contributed by atoms with Crippen molar-refractivity contribution in [3.8, 4) is 0 Å². The summed E-state index contributed by atoms with van der Waals surface area (Å²) >= 11 is 0. The quantitative estimate of drug-likeness (QED) is 0.458. The smallest absolute Gasteiger partial charge is 0.432 e. The summed E-state index contributed by atoms with van der Waals surface area (Å²) in [4.78, 5) is 11.7. The summed E-state index contributed by atoms with van der Waals surface area (Å²) in [5.74, 6) is -1.88. The Morgan fingerprint density at radius 3 is 2.17 bits per heavy atom. The lowest BCUT2D eigenvalue weighted by molar-refractivity contribution is -0.248. The van der Waals surface area contributed by atoms with Crippen molar-refractivity contribution in [2.75, 3.05) is 0 Å². The fourth-order valence-electron chi connectivity index (χ4n) is 1.49. The molecule has 0 spiro atoms. The second-order valence-corrected chi connectivity index (χ2v) is 5.59. The largest absolute Gasteiger partial charge is 0.743 e. The van der Waals surface area contributed by atoms with Gasteiger partial charge in [-0.2, -0.15) is 22.0 Å². The summed E-state index contributed by atoms with van der Waals surface area (Å²) in [7, 11) is -6.73. The molecule has 128 valence electrons. The van der Waals surface area contributed by atoms with Crippen LogP contribution in [0.2, 0.25) is 0 Å². The predicted octanol–water partition coefficient (Wildman–Crippen LogP) is 2.56. The second kappa shape index (κ2) is 6.24. The van der Waals surface area contributed by atoms with Crippen LogP contribution in [0.3, 0.4) is 0 Å². The van der Waals surface area contributed by atoms with E-state index in [0.29, 0.717) is 0 Å². The molecular formula is C12H8F5O5S-. The topological polar surface area (TPSA) is 83.5 Å². The Labute approximate surface area is 127 Å². The van der Waals surface area contributed by atoms with E-state index in [-0.39, 0.29) is 5.56 Å². The standard InChI is InChI=1S/C12H9F5O5S/c1-2-7-5-3-4-6-8(7)9(18)22-10(11(13,14)15)12(16,17)23(19,20)21/h2-6,10H,1H2,(H,19,20,21)/p-1. The zero-order chi connectivity index (χ0) is 18.1. The Morgan fingerprint density at radius 1 is 1.22 bits per heavy atom. The van der Waals surface area contributed by atoms with Gasteiger partial charge >= 0.3 is 17.4 Å². The van der Waals surface area contributed by atoms with Gasteiger partial charge in [-0.15, -0.1) is 0 Å². The third-order valence-corrected chi connectivity index (χ3v) is 3.44. The molecule has 0 aliphatic carbocycles. The Morgan fingerprint density at radius 2 is 1.74 bits per heavy atom. The number of alkyl halides is 5. The summed E-state index contributed by atoms with van der Waals surface area (Å²) in [6.07, 6.45) is -9.38. The molecule has 0 aliphatic heterocycles. The Bertz CT molecular complexity index is 711. The molecule has 0 amide bonds. The van der Waals surface area contributed by atoms with E-state index in [1.54, 1.807) is 0 Å². The van der Waals surface area contributed by atoms with Crippen molar-refractivity contribution in [1.29, 1.82) is 0 Å². The van der Waals surface area contributed by atoms with E-state index in [1.165, 1.54) is 18.2 Å². The van der Waals surface area contributed by atoms with Crippen LogP contribution in [0.1, 0.15) is 15.9 Å². The zero-order valence-electron chi connectivity index (χ0n) is 11.0. The summed E-state index contributed by atoms with van der Waals surface area (Å²) < 4.78 is 99.0. The highest BCUT2D eigenvalue weighted by Gasteiger charge is 2.63. The average Bonchev–Trinajstić information content (AvgIpc) is 2.41. The third kappa shape index (κ3) is 4.05. The van der Waals surface area contributed by atoms with E-state index in [4.69, 9.17) is 0 Å². The Hall–Kier alpha value is -2.01. The number of ether oxygens (including phenoxy) is 1. The average molecular weight is 359 g/mol. The molecule has 0 saturated heterocycles. The zero-order valence-corrected chi connectivity index (χ0v) is 11.8. The van der Waals surface area contributed by atoms with Crippen molar-refractivity contribution in [3.05, 3.63) is 42.0 Å². The van der Waals surface area contributed by atoms with Crippen LogP contribution in [0.4, 0.5) is 22.0 Å². The van der Waals surface area contributed by atoms with Gasteiger partial charge in [0.1, 0.15) is 0 Å². The molecule has 0 bridgehead atoms. The third-order valence-electron chi connectivity index (χ3n) is 2.56. The minimum atomic E-state index is -6.73. The molecule has 23 heavy (non-hydrogen) atoms. The molecule has 0 radical (unpaired) electrons. The van der Waals surface area contributed by atoms with Gasteiger partial charge < -0.3 is 9.29 Å². The van der Waals surface area contributed by atoms with E-state index < -0.39 is 39.2 Å². The van der Waals surface area contributed by atoms with Gasteiger partial charge in [-0.25, -0.2) is 13.2 Å². The summed E-state index contributed by atoms with van der Waals surface area (Å²) in [5.41, 5.74) is -0.595. The molecule has 5 nitrogen and oxygen atoms in total. The predicted molar refractivity (Wildman–Crippen MR) is 66.4 cm³/mol. The highest BCUT2D eigenvalue weighted by atomic mass is 32.2. The number of rotatable bonds is 5. The van der Waals surface area contributed by atoms with Gasteiger partial charge in [0, 0.05) is 0 Å². The van der Waals surface area contributed by atoms with Crippen LogP contribution in [-0.2, 0) is 14.9 Å². The number of carbonyl (C=O) groups is 1. The molecule has 1 rings (SSSR count). The van der Waals surface area contributed by atoms with Gasteiger partial charge in [-0.05, 0) is 11.6 Å². The summed E-state index contributed by atoms with van der Waals surface area (Å²) in [5, 5.41) is -5.88. The molecule has 0 heterocycles. The molecule has 1 aromatic carbocycles. The lowest BCUT2D eigenvalue weighted by Crippen LogP contribution is -2.52. The summed E-state index contributed by atoms with van der Waals surface area (Å²) in [6, 6.07) is 4.77. The first-order valence-corrected chi connectivity index (χ1v) is 7.05. The maximum Gasteiger partial charge on any atom is 0.432 e. The first kappa shape index (κ1) is 19.0. The minimum Gasteiger partial charge on any atom is -0.743 e. The SMILES string of the molecule is C=Cc1ccccc1C(=O)OC(C(F)(F)F)C(F)(F)S(=O)(=O)[O-]. The van der Waals surface area contributed by atoms with Crippen LogP contribution in [0, 0.1) is 0 Å². The highest BCUT2D eigenvalue weighted by Crippen LogP contribution is 2.38. The first-order valence-electron chi connectivity index (χ1n) is 5.64. The van der Waals surface area contributed by atoms with E-state index in [0.717, 1.165) is 12.1 Å². The number of carbonyl (C=O) groups excluding carboxylic acids is 1. The number of hydrogen-bond donors (Lipinski definition) is 0. The Balaban J connectivity index is 3.28. The molecule has 1 aromatic rings. The van der Waals surface area contributed by atoms with Crippen LogP contribution in [-0.4, -0.2) is 36.5 Å². The maximum absolute atomic E-state index is 13.2. The number of esters is 1. The molecular weight excluding hydrogens is 351 g/mol. The molecule has 1 atom stereocenters. The molecule has 0 aliphatic rings. The molecule has 11 heteroatoms. The second-order valence-electron chi connectivity index (χ2n) is 4.13. The number of halogens is 5. The minimum absolute atomic E-state index is 0.0354. The molecule has 0 N–H and O–H groups in total. The Kier molecular flexibility index (Phi) is 5.16. The van der Waals surface area contributed by atoms with Gasteiger partial charge in [0.05, 0.1) is 5.56 Å². The van der Waals surface area contributed by atoms with Gasteiger partial charge in [0.15, 0.2) is 10.1 Å². The van der Waals surface area contributed by atoms with Crippen molar-refractivity contribution < 1.29 is 44.5 Å². The van der Waals surface area contributed by atoms with Crippen LogP contribution < -0.4 is 0 Å². The van der Waals surface area contributed by atoms with Crippen LogP contribution in [0.15, 0.2) is 30.8 Å². The molecule has 0 saturated carbocycles. The molecule has 0 aromatic heterocycles. The fraction of sp³-hybridized carbons (Fsp3) is 0.250. The maximum atomic E-state index is 13.2. The fourth-order valence-corrected chi connectivity index (χ4v) is 1.93. The molecule has 1 unspecified atom stereocenters. The number of hydrogen-bond acceptors (Lipinski definition) is 5. The van der Waals surface area contributed by atoms with Gasteiger partial charge in [-0.3, -0.25) is 0 Å². The van der Waals surface area contributed by atoms with Crippen molar-refractivity contribution in [3.63, 3.8) is 0 Å². The van der Waals surface area contributed by atoms with Crippen molar-refractivity contribution in [2.24, 2.45) is 0 Å². The van der Waals surface area contributed by atoms with Gasteiger partial charge in [0.2, 0.25) is 0 Å². The summed E-state index contributed by atoms with van der Waals surface area (Å²) in [6.45, 7) is 3.27. The first-order chi connectivity index (χ1) is 10.3. The van der Waals surface area contributed by atoms with E-state index in [1.807, 2.05) is 0 Å². The lowest BCUT2D eigenvalue weighted by atomic mass is 10.1. The van der Waals surface area contributed by atoms with Gasteiger partial charge in [0.25, 0.3) is 6.10 Å². The van der Waals surface area contributed by atoms with Crippen molar-refractivity contribution in [1.82, 2.24) is 0 Å². The van der Waals surface area contributed by atoms with E-state index in [9.17, 15) is 39.7 Å². The number of benzene rings is 1.